The van der Waals surface area contributed by atoms with Gasteiger partial charge in [0.15, 0.2) is 0 Å². The predicted octanol–water partition coefficient (Wildman–Crippen LogP) is 3.31. The average Bonchev–Trinajstić information content (AvgIpc) is 2.29. The molecule has 0 spiro atoms. The summed E-state index contributed by atoms with van der Waals surface area (Å²) in [5, 5.41) is 2.86. The van der Waals surface area contributed by atoms with Crippen LogP contribution in [0.3, 0.4) is 0 Å². The van der Waals surface area contributed by atoms with Crippen molar-refractivity contribution in [1.29, 1.82) is 0 Å². The fraction of sp³-hybridized carbons (Fsp3) is 0.357. The van der Waals surface area contributed by atoms with Crippen molar-refractivity contribution in [3.63, 3.8) is 0 Å². The van der Waals surface area contributed by atoms with Gasteiger partial charge in [0, 0.05) is 0 Å². The molecule has 1 N–H and O–H groups in total. The van der Waals surface area contributed by atoms with Crippen molar-refractivity contribution >= 4 is 12.0 Å². The van der Waals surface area contributed by atoms with E-state index in [4.69, 9.17) is 0 Å². The van der Waals surface area contributed by atoms with Crippen LogP contribution in [0.15, 0.2) is 30.8 Å². The molecule has 1 atom stereocenters. The van der Waals surface area contributed by atoms with Gasteiger partial charge in [-0.25, -0.2) is 0 Å². The lowest BCUT2D eigenvalue weighted by Gasteiger charge is -2.16. The summed E-state index contributed by atoms with van der Waals surface area (Å²) >= 11 is 0. The summed E-state index contributed by atoms with van der Waals surface area (Å²) in [7, 11) is 0. The molecular weight excluding hydrogens is 198 g/mol. The number of rotatable bonds is 6. The van der Waals surface area contributed by atoms with Crippen molar-refractivity contribution in [3.8, 4) is 0 Å². The first-order chi connectivity index (χ1) is 7.69. The molecule has 1 unspecified atom stereocenters. The van der Waals surface area contributed by atoms with E-state index >= 15 is 0 Å². The minimum atomic E-state index is 0.113. The number of carbonyl (C=O) groups excluding carboxylic acids is 1. The molecule has 2 heteroatoms. The molecule has 0 aromatic heterocycles. The average molecular weight is 217 g/mol. The van der Waals surface area contributed by atoms with Crippen LogP contribution in [-0.4, -0.2) is 6.41 Å². The Morgan fingerprint density at radius 3 is 2.88 bits per heavy atom. The molecule has 1 aromatic carbocycles. The molecule has 0 aliphatic heterocycles. The standard InChI is InChI=1S/C14H19NO/c1-4-6-14(15-10-16)13-8-5-7-12(9-13)11(2)3/h5,7-10,14H,2,4,6H2,1,3H3,(H,15,16). The Morgan fingerprint density at radius 2 is 2.31 bits per heavy atom. The quantitative estimate of drug-likeness (QED) is 0.728. The molecule has 86 valence electrons. The minimum Gasteiger partial charge on any atom is -0.352 e. The predicted molar refractivity (Wildman–Crippen MR) is 68.0 cm³/mol. The molecular formula is C14H19NO. The van der Waals surface area contributed by atoms with Crippen molar-refractivity contribution in [1.82, 2.24) is 5.32 Å². The van der Waals surface area contributed by atoms with Crippen LogP contribution in [0.5, 0.6) is 0 Å². The maximum Gasteiger partial charge on any atom is 0.207 e. The normalized spacial score (nSPS) is 11.9. The number of carbonyl (C=O) groups is 1. The van der Waals surface area contributed by atoms with Crippen molar-refractivity contribution in [3.05, 3.63) is 42.0 Å². The Labute approximate surface area is 97.4 Å². The van der Waals surface area contributed by atoms with Gasteiger partial charge in [-0.3, -0.25) is 4.79 Å². The van der Waals surface area contributed by atoms with E-state index in [2.05, 4.69) is 24.9 Å². The number of benzene rings is 1. The fourth-order valence-corrected chi connectivity index (χ4v) is 1.74. The summed E-state index contributed by atoms with van der Waals surface area (Å²) in [6.45, 7) is 8.03. The van der Waals surface area contributed by atoms with Crippen LogP contribution in [0, 0.1) is 0 Å². The zero-order chi connectivity index (χ0) is 12.0. The lowest BCUT2D eigenvalue weighted by Crippen LogP contribution is -2.19. The molecule has 0 aliphatic rings. The first-order valence-corrected chi connectivity index (χ1v) is 5.64. The Bertz CT molecular complexity index is 371. The molecule has 0 heterocycles. The van der Waals surface area contributed by atoms with Gasteiger partial charge in [0.05, 0.1) is 6.04 Å². The van der Waals surface area contributed by atoms with Gasteiger partial charge in [0.25, 0.3) is 0 Å². The largest absolute Gasteiger partial charge is 0.352 e. The zero-order valence-electron chi connectivity index (χ0n) is 9.99. The third-order valence-corrected chi connectivity index (χ3v) is 2.63. The number of nitrogens with one attached hydrogen (secondary N) is 1. The number of amides is 1. The second kappa shape index (κ2) is 6.11. The van der Waals surface area contributed by atoms with E-state index in [0.29, 0.717) is 0 Å². The molecule has 0 bridgehead atoms. The summed E-state index contributed by atoms with van der Waals surface area (Å²) in [5.74, 6) is 0. The molecule has 1 aromatic rings. The Hall–Kier alpha value is -1.57. The lowest BCUT2D eigenvalue weighted by molar-refractivity contribution is -0.110. The zero-order valence-corrected chi connectivity index (χ0v) is 9.99. The summed E-state index contributed by atoms with van der Waals surface area (Å²) < 4.78 is 0. The van der Waals surface area contributed by atoms with E-state index in [1.54, 1.807) is 0 Å². The maximum atomic E-state index is 10.6. The number of hydrogen-bond acceptors (Lipinski definition) is 1. The maximum absolute atomic E-state index is 10.6. The highest BCUT2D eigenvalue weighted by Crippen LogP contribution is 2.21. The van der Waals surface area contributed by atoms with E-state index < -0.39 is 0 Å². The Balaban J connectivity index is 2.94. The number of allylic oxidation sites excluding steroid dienone is 1. The summed E-state index contributed by atoms with van der Waals surface area (Å²) in [6.07, 6.45) is 2.77. The van der Waals surface area contributed by atoms with E-state index in [0.717, 1.165) is 36.0 Å². The molecule has 0 aliphatic carbocycles. The van der Waals surface area contributed by atoms with Crippen LogP contribution in [0.25, 0.3) is 5.57 Å². The van der Waals surface area contributed by atoms with Gasteiger partial charge in [-0.2, -0.15) is 0 Å². The molecule has 0 fully saturated rings. The topological polar surface area (TPSA) is 29.1 Å². The van der Waals surface area contributed by atoms with Crippen molar-refractivity contribution in [2.75, 3.05) is 0 Å². The van der Waals surface area contributed by atoms with Crippen LogP contribution < -0.4 is 5.32 Å². The van der Waals surface area contributed by atoms with E-state index in [1.165, 1.54) is 0 Å². The van der Waals surface area contributed by atoms with Gasteiger partial charge < -0.3 is 5.32 Å². The summed E-state index contributed by atoms with van der Waals surface area (Å²) in [5.41, 5.74) is 3.32. The first-order valence-electron chi connectivity index (χ1n) is 5.64. The van der Waals surface area contributed by atoms with Crippen LogP contribution in [-0.2, 0) is 4.79 Å². The molecule has 0 saturated carbocycles. The van der Waals surface area contributed by atoms with Gasteiger partial charge in [-0.1, -0.05) is 43.7 Å². The van der Waals surface area contributed by atoms with Crippen LogP contribution in [0.1, 0.15) is 43.9 Å². The number of hydrogen-bond donors (Lipinski definition) is 1. The van der Waals surface area contributed by atoms with Gasteiger partial charge >= 0.3 is 0 Å². The fourth-order valence-electron chi connectivity index (χ4n) is 1.74. The smallest absolute Gasteiger partial charge is 0.207 e. The Morgan fingerprint density at radius 1 is 1.56 bits per heavy atom. The van der Waals surface area contributed by atoms with Crippen molar-refractivity contribution < 1.29 is 4.79 Å². The lowest BCUT2D eigenvalue weighted by atomic mass is 9.98. The third kappa shape index (κ3) is 3.23. The van der Waals surface area contributed by atoms with Crippen molar-refractivity contribution in [2.24, 2.45) is 0 Å². The highest BCUT2D eigenvalue weighted by Gasteiger charge is 2.09. The second-order valence-corrected chi connectivity index (χ2v) is 4.03. The van der Waals surface area contributed by atoms with Gasteiger partial charge in [0.2, 0.25) is 6.41 Å². The molecule has 0 radical (unpaired) electrons. The van der Waals surface area contributed by atoms with Gasteiger partial charge in [-0.15, -0.1) is 0 Å². The minimum absolute atomic E-state index is 0.113. The molecule has 16 heavy (non-hydrogen) atoms. The Kier molecular flexibility index (Phi) is 4.77. The third-order valence-electron chi connectivity index (χ3n) is 2.63. The summed E-state index contributed by atoms with van der Waals surface area (Å²) in [6, 6.07) is 8.30. The van der Waals surface area contributed by atoms with E-state index in [9.17, 15) is 4.79 Å². The van der Waals surface area contributed by atoms with E-state index in [-0.39, 0.29) is 6.04 Å². The molecule has 0 saturated heterocycles. The van der Waals surface area contributed by atoms with Gasteiger partial charge in [-0.05, 0) is 30.5 Å². The van der Waals surface area contributed by atoms with Crippen LogP contribution in [0.4, 0.5) is 0 Å². The highest BCUT2D eigenvalue weighted by molar-refractivity contribution is 5.62. The first kappa shape index (κ1) is 12.5. The molecule has 1 rings (SSSR count). The highest BCUT2D eigenvalue weighted by atomic mass is 16.1. The summed E-state index contributed by atoms with van der Waals surface area (Å²) in [4.78, 5) is 10.6. The van der Waals surface area contributed by atoms with Crippen LogP contribution >= 0.6 is 0 Å². The molecule has 2 nitrogen and oxygen atoms in total. The van der Waals surface area contributed by atoms with Crippen molar-refractivity contribution in [2.45, 2.75) is 32.7 Å². The molecule has 1 amide bonds. The van der Waals surface area contributed by atoms with Crippen LogP contribution in [0.2, 0.25) is 0 Å². The SMILES string of the molecule is C=C(C)c1cccc(C(CCC)NC=O)c1. The second-order valence-electron chi connectivity index (χ2n) is 4.03. The monoisotopic (exact) mass is 217 g/mol. The van der Waals surface area contributed by atoms with Gasteiger partial charge in [0.1, 0.15) is 0 Å². The van der Waals surface area contributed by atoms with E-state index in [1.807, 2.05) is 25.1 Å².